The van der Waals surface area contributed by atoms with E-state index in [0.29, 0.717) is 22.9 Å². The van der Waals surface area contributed by atoms with E-state index in [4.69, 9.17) is 0 Å². The van der Waals surface area contributed by atoms with E-state index in [-0.39, 0.29) is 0 Å². The van der Waals surface area contributed by atoms with Crippen molar-refractivity contribution >= 4 is 0 Å². The van der Waals surface area contributed by atoms with Crippen LogP contribution in [-0.4, -0.2) is 6.04 Å². The summed E-state index contributed by atoms with van der Waals surface area (Å²) >= 11 is 0. The fourth-order valence-electron chi connectivity index (χ4n) is 3.26. The SMILES string of the molecule is Cc1ccc(C(C)NC2C(C)(C)C2(C)C)c(C)c1. The number of nitrogens with one attached hydrogen (secondary N) is 1. The minimum Gasteiger partial charge on any atom is -0.306 e. The standard InChI is InChI=1S/C17H27N/c1-11-8-9-14(12(2)10-11)13(3)18-15-16(4,5)17(15,6)7/h8-10,13,15,18H,1-7H3. The maximum atomic E-state index is 3.81. The number of hydrogen-bond acceptors (Lipinski definition) is 1. The second-order valence-electron chi connectivity index (χ2n) is 7.12. The van der Waals surface area contributed by atoms with Crippen molar-refractivity contribution in [1.82, 2.24) is 5.32 Å². The third-order valence-electron chi connectivity index (χ3n) is 5.33. The molecule has 100 valence electrons. The predicted octanol–water partition coefficient (Wildman–Crippen LogP) is 4.39. The van der Waals surface area contributed by atoms with Gasteiger partial charge in [-0.05, 0) is 42.7 Å². The zero-order chi connectivity index (χ0) is 13.7. The molecule has 1 aromatic carbocycles. The number of hydrogen-bond donors (Lipinski definition) is 1. The van der Waals surface area contributed by atoms with Gasteiger partial charge in [0.15, 0.2) is 0 Å². The molecule has 1 aliphatic rings. The van der Waals surface area contributed by atoms with Crippen LogP contribution in [0.2, 0.25) is 0 Å². The van der Waals surface area contributed by atoms with E-state index in [1.54, 1.807) is 0 Å². The highest BCUT2D eigenvalue weighted by Crippen LogP contribution is 2.63. The van der Waals surface area contributed by atoms with Crippen molar-refractivity contribution in [3.8, 4) is 0 Å². The van der Waals surface area contributed by atoms with Crippen molar-refractivity contribution < 1.29 is 0 Å². The summed E-state index contributed by atoms with van der Waals surface area (Å²) in [6.07, 6.45) is 0. The van der Waals surface area contributed by atoms with Gasteiger partial charge in [-0.2, -0.15) is 0 Å². The Morgan fingerprint density at radius 3 is 2.06 bits per heavy atom. The lowest BCUT2D eigenvalue weighted by atomic mass is 10.00. The highest BCUT2D eigenvalue weighted by atomic mass is 15.1. The number of benzene rings is 1. The summed E-state index contributed by atoms with van der Waals surface area (Å²) in [4.78, 5) is 0. The van der Waals surface area contributed by atoms with Gasteiger partial charge in [0.2, 0.25) is 0 Å². The molecule has 0 heterocycles. The van der Waals surface area contributed by atoms with Crippen molar-refractivity contribution in [2.75, 3.05) is 0 Å². The van der Waals surface area contributed by atoms with E-state index in [2.05, 4.69) is 72.0 Å². The third kappa shape index (κ3) is 1.99. The Morgan fingerprint density at radius 1 is 1.06 bits per heavy atom. The van der Waals surface area contributed by atoms with Gasteiger partial charge in [0.25, 0.3) is 0 Å². The fourth-order valence-corrected chi connectivity index (χ4v) is 3.26. The van der Waals surface area contributed by atoms with Gasteiger partial charge in [-0.25, -0.2) is 0 Å². The Bertz CT molecular complexity index is 443. The van der Waals surface area contributed by atoms with E-state index in [1.165, 1.54) is 16.7 Å². The fraction of sp³-hybridized carbons (Fsp3) is 0.647. The van der Waals surface area contributed by atoms with Crippen LogP contribution in [-0.2, 0) is 0 Å². The van der Waals surface area contributed by atoms with Crippen LogP contribution in [0.3, 0.4) is 0 Å². The molecule has 1 unspecified atom stereocenters. The molecule has 1 nitrogen and oxygen atoms in total. The van der Waals surface area contributed by atoms with Gasteiger partial charge in [0.05, 0.1) is 0 Å². The van der Waals surface area contributed by atoms with E-state index in [1.807, 2.05) is 0 Å². The summed E-state index contributed by atoms with van der Waals surface area (Å²) < 4.78 is 0. The molecule has 0 saturated heterocycles. The number of rotatable bonds is 3. The van der Waals surface area contributed by atoms with Gasteiger partial charge in [-0.3, -0.25) is 0 Å². The van der Waals surface area contributed by atoms with Crippen LogP contribution < -0.4 is 5.32 Å². The molecule has 0 radical (unpaired) electrons. The lowest BCUT2D eigenvalue weighted by molar-refractivity contribution is 0.457. The van der Waals surface area contributed by atoms with Crippen LogP contribution in [0.1, 0.15) is 57.4 Å². The van der Waals surface area contributed by atoms with Crippen molar-refractivity contribution in [1.29, 1.82) is 0 Å². The monoisotopic (exact) mass is 245 g/mol. The topological polar surface area (TPSA) is 12.0 Å². The Balaban J connectivity index is 2.12. The molecule has 0 aliphatic heterocycles. The zero-order valence-corrected chi connectivity index (χ0v) is 12.9. The lowest BCUT2D eigenvalue weighted by Gasteiger charge is -2.18. The van der Waals surface area contributed by atoms with Crippen molar-refractivity contribution in [3.63, 3.8) is 0 Å². The third-order valence-corrected chi connectivity index (χ3v) is 5.33. The molecule has 0 aromatic heterocycles. The van der Waals surface area contributed by atoms with Crippen LogP contribution in [0.4, 0.5) is 0 Å². The maximum Gasteiger partial charge on any atom is 0.0297 e. The summed E-state index contributed by atoms with van der Waals surface area (Å²) in [7, 11) is 0. The lowest BCUT2D eigenvalue weighted by Crippen LogP contribution is -2.26. The quantitative estimate of drug-likeness (QED) is 0.833. The van der Waals surface area contributed by atoms with E-state index >= 15 is 0 Å². The van der Waals surface area contributed by atoms with Gasteiger partial charge in [0.1, 0.15) is 0 Å². The van der Waals surface area contributed by atoms with Crippen molar-refractivity contribution in [3.05, 3.63) is 34.9 Å². The van der Waals surface area contributed by atoms with Crippen molar-refractivity contribution in [2.24, 2.45) is 10.8 Å². The molecule has 2 rings (SSSR count). The molecular weight excluding hydrogens is 218 g/mol. The molecule has 1 saturated carbocycles. The van der Waals surface area contributed by atoms with Crippen LogP contribution in [0.25, 0.3) is 0 Å². The van der Waals surface area contributed by atoms with Gasteiger partial charge >= 0.3 is 0 Å². The maximum absolute atomic E-state index is 3.81. The summed E-state index contributed by atoms with van der Waals surface area (Å²) in [6, 6.07) is 7.79. The Kier molecular flexibility index (Phi) is 3.09. The highest BCUT2D eigenvalue weighted by Gasteiger charge is 2.64. The molecule has 1 aromatic rings. The molecule has 0 amide bonds. The second-order valence-corrected chi connectivity index (χ2v) is 7.12. The first-order valence-electron chi connectivity index (χ1n) is 7.01. The zero-order valence-electron chi connectivity index (χ0n) is 12.9. The smallest absolute Gasteiger partial charge is 0.0297 e. The van der Waals surface area contributed by atoms with Crippen LogP contribution in [0, 0.1) is 24.7 Å². The average molecular weight is 245 g/mol. The van der Waals surface area contributed by atoms with Crippen LogP contribution in [0.15, 0.2) is 18.2 Å². The first kappa shape index (κ1) is 13.6. The molecule has 1 aliphatic carbocycles. The molecule has 1 heteroatoms. The second kappa shape index (κ2) is 4.09. The first-order valence-corrected chi connectivity index (χ1v) is 7.01. The van der Waals surface area contributed by atoms with Gasteiger partial charge in [-0.15, -0.1) is 0 Å². The molecule has 0 spiro atoms. The summed E-state index contributed by atoms with van der Waals surface area (Å²) in [5.74, 6) is 0. The minimum atomic E-state index is 0.403. The van der Waals surface area contributed by atoms with E-state index in [0.717, 1.165) is 0 Å². The molecule has 0 bridgehead atoms. The molecule has 1 atom stereocenters. The predicted molar refractivity (Wildman–Crippen MR) is 78.8 cm³/mol. The Hall–Kier alpha value is -0.820. The van der Waals surface area contributed by atoms with Gasteiger partial charge in [-0.1, -0.05) is 51.5 Å². The Morgan fingerprint density at radius 2 is 1.61 bits per heavy atom. The Labute approximate surface area is 112 Å². The van der Waals surface area contributed by atoms with E-state index < -0.39 is 0 Å². The molecule has 1 N–H and O–H groups in total. The van der Waals surface area contributed by atoms with Gasteiger partial charge in [0, 0.05) is 12.1 Å². The molecule has 18 heavy (non-hydrogen) atoms. The first-order chi connectivity index (χ1) is 8.18. The summed E-state index contributed by atoms with van der Waals surface area (Å²) in [5, 5.41) is 3.81. The molecular formula is C17H27N. The molecule has 1 fully saturated rings. The van der Waals surface area contributed by atoms with Crippen LogP contribution in [0.5, 0.6) is 0 Å². The van der Waals surface area contributed by atoms with E-state index in [9.17, 15) is 0 Å². The van der Waals surface area contributed by atoms with Gasteiger partial charge < -0.3 is 5.32 Å². The van der Waals surface area contributed by atoms with Crippen molar-refractivity contribution in [2.45, 2.75) is 60.5 Å². The summed E-state index contributed by atoms with van der Waals surface area (Å²) in [6.45, 7) is 16.1. The van der Waals surface area contributed by atoms with Crippen LogP contribution >= 0.6 is 0 Å². The number of aryl methyl sites for hydroxylation is 2. The average Bonchev–Trinajstić information content (AvgIpc) is 2.60. The highest BCUT2D eigenvalue weighted by molar-refractivity contribution is 5.33. The largest absolute Gasteiger partial charge is 0.306 e. The summed E-state index contributed by atoms with van der Waals surface area (Å²) in [5.41, 5.74) is 4.97. The minimum absolute atomic E-state index is 0.403. The normalized spacial score (nSPS) is 22.8.